The van der Waals surface area contributed by atoms with Crippen LogP contribution in [-0.2, 0) is 0 Å². The zero-order valence-corrected chi connectivity index (χ0v) is 6.34. The molecule has 0 heterocycles. The van der Waals surface area contributed by atoms with Crippen LogP contribution in [0.2, 0.25) is 0 Å². The minimum atomic E-state index is 1.13. The second-order valence-corrected chi connectivity index (χ2v) is 3.82. The van der Waals surface area contributed by atoms with Gasteiger partial charge >= 0.3 is 0 Å². The molecule has 0 spiro atoms. The third-order valence-electron chi connectivity index (χ3n) is 1.57. The van der Waals surface area contributed by atoms with Crippen LogP contribution in [0.4, 0.5) is 0 Å². The lowest BCUT2D eigenvalue weighted by Crippen LogP contribution is -1.80. The molecule has 0 aromatic rings. The molecule has 0 N–H and O–H groups in total. The highest BCUT2D eigenvalue weighted by Crippen LogP contribution is 2.33. The van der Waals surface area contributed by atoms with E-state index < -0.39 is 0 Å². The first-order valence-electron chi connectivity index (χ1n) is 3.51. The first kappa shape index (κ1) is 6.47. The molecular weight excluding hydrogens is 116 g/mol. The van der Waals surface area contributed by atoms with Gasteiger partial charge < -0.3 is 0 Å². The molecular formula is C7H14S. The largest absolute Gasteiger partial charge is 0.162 e. The molecule has 8 heavy (non-hydrogen) atoms. The lowest BCUT2D eigenvalue weighted by atomic mass is 10.3. The molecule has 0 unspecified atom stereocenters. The van der Waals surface area contributed by atoms with Gasteiger partial charge in [0.15, 0.2) is 0 Å². The normalized spacial score (nSPS) is 19.1. The molecule has 1 aliphatic carbocycles. The molecule has 1 aliphatic rings. The van der Waals surface area contributed by atoms with Gasteiger partial charge in [-0.1, -0.05) is 19.8 Å². The summed E-state index contributed by atoms with van der Waals surface area (Å²) in [5, 5.41) is 0. The van der Waals surface area contributed by atoms with Gasteiger partial charge in [0.25, 0.3) is 0 Å². The molecule has 1 heteroatoms. The lowest BCUT2D eigenvalue weighted by molar-refractivity contribution is 0.809. The summed E-state index contributed by atoms with van der Waals surface area (Å²) in [6, 6.07) is 0. The quantitative estimate of drug-likeness (QED) is 0.527. The van der Waals surface area contributed by atoms with E-state index in [0.29, 0.717) is 0 Å². The molecule has 0 radical (unpaired) electrons. The lowest BCUT2D eigenvalue weighted by Gasteiger charge is -1.93. The van der Waals surface area contributed by atoms with E-state index >= 15 is 0 Å². The average Bonchev–Trinajstić information content (AvgIpc) is 2.51. The summed E-state index contributed by atoms with van der Waals surface area (Å²) in [7, 11) is 0. The highest BCUT2D eigenvalue weighted by atomic mass is 32.2. The van der Waals surface area contributed by atoms with E-state index in [0.717, 1.165) is 5.92 Å². The molecule has 0 bridgehead atoms. The minimum absolute atomic E-state index is 1.13. The van der Waals surface area contributed by atoms with Crippen LogP contribution >= 0.6 is 11.8 Å². The van der Waals surface area contributed by atoms with Crippen molar-refractivity contribution in [2.75, 3.05) is 11.5 Å². The Kier molecular flexibility index (Phi) is 2.74. The van der Waals surface area contributed by atoms with E-state index in [2.05, 4.69) is 18.7 Å². The Morgan fingerprint density at radius 2 is 2.25 bits per heavy atom. The van der Waals surface area contributed by atoms with Crippen molar-refractivity contribution in [1.29, 1.82) is 0 Å². The summed E-state index contributed by atoms with van der Waals surface area (Å²) in [5.41, 5.74) is 0. The Morgan fingerprint density at radius 3 is 2.75 bits per heavy atom. The van der Waals surface area contributed by atoms with E-state index in [9.17, 15) is 0 Å². The van der Waals surface area contributed by atoms with Gasteiger partial charge in [0, 0.05) is 0 Å². The smallest absolute Gasteiger partial charge is 0.00650 e. The molecule has 1 rings (SSSR count). The third-order valence-corrected chi connectivity index (χ3v) is 2.50. The number of rotatable bonds is 4. The van der Waals surface area contributed by atoms with Crippen LogP contribution in [0.15, 0.2) is 0 Å². The van der Waals surface area contributed by atoms with Crippen LogP contribution in [-0.4, -0.2) is 11.5 Å². The molecule has 48 valence electrons. The van der Waals surface area contributed by atoms with Gasteiger partial charge in [-0.15, -0.1) is 0 Å². The summed E-state index contributed by atoms with van der Waals surface area (Å²) in [4.78, 5) is 0. The van der Waals surface area contributed by atoms with Crippen molar-refractivity contribution in [1.82, 2.24) is 0 Å². The maximum Gasteiger partial charge on any atom is -0.00650 e. The van der Waals surface area contributed by atoms with Gasteiger partial charge in [-0.2, -0.15) is 11.8 Å². The van der Waals surface area contributed by atoms with Crippen molar-refractivity contribution in [3.05, 3.63) is 0 Å². The summed E-state index contributed by atoms with van der Waals surface area (Å²) in [6.07, 6.45) is 4.52. The molecule has 0 amide bonds. The minimum Gasteiger partial charge on any atom is -0.162 e. The highest BCUT2D eigenvalue weighted by molar-refractivity contribution is 7.99. The van der Waals surface area contributed by atoms with Crippen molar-refractivity contribution >= 4 is 11.8 Å². The van der Waals surface area contributed by atoms with E-state index in [4.69, 9.17) is 0 Å². The van der Waals surface area contributed by atoms with Gasteiger partial charge in [-0.05, 0) is 23.8 Å². The zero-order valence-electron chi connectivity index (χ0n) is 5.52. The summed E-state index contributed by atoms with van der Waals surface area (Å²) < 4.78 is 0. The van der Waals surface area contributed by atoms with Gasteiger partial charge in [-0.25, -0.2) is 0 Å². The van der Waals surface area contributed by atoms with Crippen LogP contribution in [0, 0.1) is 5.92 Å². The van der Waals surface area contributed by atoms with Crippen molar-refractivity contribution in [3.63, 3.8) is 0 Å². The fourth-order valence-electron chi connectivity index (χ4n) is 0.801. The van der Waals surface area contributed by atoms with E-state index in [1.54, 1.807) is 0 Å². The monoisotopic (exact) mass is 130 g/mol. The summed E-state index contributed by atoms with van der Waals surface area (Å²) >= 11 is 2.08. The Bertz CT molecular complexity index is 57.4. The number of hydrogen-bond donors (Lipinski definition) is 0. The first-order valence-corrected chi connectivity index (χ1v) is 4.66. The molecule has 0 saturated heterocycles. The van der Waals surface area contributed by atoms with Gasteiger partial charge in [-0.3, -0.25) is 0 Å². The van der Waals surface area contributed by atoms with Crippen LogP contribution in [0.5, 0.6) is 0 Å². The molecule has 1 saturated carbocycles. The third kappa shape index (κ3) is 2.61. The fourth-order valence-corrected chi connectivity index (χ4v) is 1.59. The van der Waals surface area contributed by atoms with Crippen molar-refractivity contribution < 1.29 is 0 Å². The SMILES string of the molecule is CCSCCC1CC1. The molecule has 0 aromatic heterocycles. The van der Waals surface area contributed by atoms with Crippen molar-refractivity contribution in [2.45, 2.75) is 26.2 Å². The van der Waals surface area contributed by atoms with Crippen LogP contribution in [0.3, 0.4) is 0 Å². The predicted octanol–water partition coefficient (Wildman–Crippen LogP) is 2.54. The highest BCUT2D eigenvalue weighted by Gasteiger charge is 2.19. The van der Waals surface area contributed by atoms with Crippen molar-refractivity contribution in [3.8, 4) is 0 Å². The molecule has 0 aromatic carbocycles. The molecule has 1 fully saturated rings. The van der Waals surface area contributed by atoms with Gasteiger partial charge in [0.05, 0.1) is 0 Å². The second-order valence-electron chi connectivity index (χ2n) is 2.43. The second kappa shape index (κ2) is 3.39. The van der Waals surface area contributed by atoms with Crippen LogP contribution < -0.4 is 0 Å². The maximum absolute atomic E-state index is 2.23. The Balaban J connectivity index is 1.74. The fraction of sp³-hybridized carbons (Fsp3) is 1.00. The number of hydrogen-bond acceptors (Lipinski definition) is 1. The van der Waals surface area contributed by atoms with Gasteiger partial charge in [0.1, 0.15) is 0 Å². The number of thioether (sulfide) groups is 1. The topological polar surface area (TPSA) is 0 Å². The predicted molar refractivity (Wildman–Crippen MR) is 40.3 cm³/mol. The van der Waals surface area contributed by atoms with E-state index in [1.807, 2.05) is 0 Å². The molecule has 0 nitrogen and oxygen atoms in total. The van der Waals surface area contributed by atoms with Crippen LogP contribution in [0.1, 0.15) is 26.2 Å². The van der Waals surface area contributed by atoms with E-state index in [1.165, 1.54) is 30.8 Å². The maximum atomic E-state index is 2.23. The zero-order chi connectivity index (χ0) is 5.82. The Hall–Kier alpha value is 0.350. The summed E-state index contributed by atoms with van der Waals surface area (Å²) in [5.74, 6) is 3.84. The Labute approximate surface area is 56.0 Å². The Morgan fingerprint density at radius 1 is 1.50 bits per heavy atom. The van der Waals surface area contributed by atoms with E-state index in [-0.39, 0.29) is 0 Å². The average molecular weight is 130 g/mol. The molecule has 0 aliphatic heterocycles. The van der Waals surface area contributed by atoms with Gasteiger partial charge in [0.2, 0.25) is 0 Å². The first-order chi connectivity index (χ1) is 3.93. The summed E-state index contributed by atoms with van der Waals surface area (Å²) in [6.45, 7) is 2.23. The van der Waals surface area contributed by atoms with Crippen LogP contribution in [0.25, 0.3) is 0 Å². The van der Waals surface area contributed by atoms with Crippen molar-refractivity contribution in [2.24, 2.45) is 5.92 Å². The standard InChI is InChI=1S/C7H14S/c1-2-8-6-5-7-3-4-7/h7H,2-6H2,1H3. The molecule has 0 atom stereocenters.